The summed E-state index contributed by atoms with van der Waals surface area (Å²) in [4.78, 5) is 4.26. The Hall–Kier alpha value is -0.0600. The largest absolute Gasteiger partial charge is 0.313 e. The van der Waals surface area contributed by atoms with E-state index in [9.17, 15) is 0 Å². The van der Waals surface area contributed by atoms with Crippen LogP contribution in [-0.4, -0.2) is 28.6 Å². The van der Waals surface area contributed by atoms with Gasteiger partial charge in [0.2, 0.25) is 0 Å². The van der Waals surface area contributed by atoms with Crippen LogP contribution in [-0.2, 0) is 6.42 Å². The molecule has 1 aromatic rings. The van der Waals surface area contributed by atoms with E-state index in [2.05, 4.69) is 51.0 Å². The topological polar surface area (TPSA) is 24.9 Å². The van der Waals surface area contributed by atoms with Gasteiger partial charge in [-0.1, -0.05) is 13.3 Å². The summed E-state index contributed by atoms with van der Waals surface area (Å²) in [6, 6.07) is 2.77. The Kier molecular flexibility index (Phi) is 5.99. The number of nitrogens with zero attached hydrogens (tertiary/aromatic N) is 1. The lowest BCUT2D eigenvalue weighted by molar-refractivity contribution is 0.471. The number of rotatable bonds is 5. The highest BCUT2D eigenvalue weighted by atomic mass is 79.9. The van der Waals surface area contributed by atoms with Crippen LogP contribution in [0, 0.1) is 0 Å². The monoisotopic (exact) mass is 328 g/mol. The minimum Gasteiger partial charge on any atom is -0.313 e. The van der Waals surface area contributed by atoms with Crippen LogP contribution in [0.3, 0.4) is 0 Å². The van der Waals surface area contributed by atoms with Gasteiger partial charge in [0.25, 0.3) is 0 Å². The van der Waals surface area contributed by atoms with E-state index < -0.39 is 0 Å². The van der Waals surface area contributed by atoms with E-state index in [0.29, 0.717) is 6.04 Å². The molecular weight excluding hydrogens is 308 g/mol. The van der Waals surface area contributed by atoms with Gasteiger partial charge in [0.1, 0.15) is 0 Å². The Morgan fingerprint density at radius 1 is 1.50 bits per heavy atom. The molecule has 2 rings (SSSR count). The molecule has 1 aromatic heterocycles. The third-order valence-electron chi connectivity index (χ3n) is 3.35. The molecular formula is C14H21BrN2S. The van der Waals surface area contributed by atoms with E-state index in [4.69, 9.17) is 0 Å². The van der Waals surface area contributed by atoms with Gasteiger partial charge in [-0.25, -0.2) is 0 Å². The van der Waals surface area contributed by atoms with Crippen molar-refractivity contribution in [2.75, 3.05) is 12.3 Å². The fourth-order valence-electron chi connectivity index (χ4n) is 2.50. The van der Waals surface area contributed by atoms with Crippen LogP contribution in [0.5, 0.6) is 0 Å². The van der Waals surface area contributed by atoms with Gasteiger partial charge in [0.05, 0.1) is 0 Å². The Labute approximate surface area is 122 Å². The first-order valence-corrected chi connectivity index (χ1v) is 8.58. The second kappa shape index (κ2) is 7.51. The second-order valence-corrected chi connectivity index (χ2v) is 7.05. The first-order valence-electron chi connectivity index (χ1n) is 6.74. The molecule has 0 radical (unpaired) electrons. The quantitative estimate of drug-likeness (QED) is 0.893. The molecule has 1 fully saturated rings. The summed E-state index contributed by atoms with van der Waals surface area (Å²) in [6.07, 6.45) is 9.04. The molecule has 2 heterocycles. The van der Waals surface area contributed by atoms with Crippen molar-refractivity contribution in [3.63, 3.8) is 0 Å². The molecule has 4 heteroatoms. The van der Waals surface area contributed by atoms with Gasteiger partial charge in [-0.15, -0.1) is 0 Å². The van der Waals surface area contributed by atoms with Crippen molar-refractivity contribution in [3.8, 4) is 0 Å². The van der Waals surface area contributed by atoms with Gasteiger partial charge in [0.15, 0.2) is 0 Å². The fourth-order valence-corrected chi connectivity index (χ4v) is 4.35. The predicted octanol–water partition coefficient (Wildman–Crippen LogP) is 3.65. The lowest BCUT2D eigenvalue weighted by Crippen LogP contribution is -2.41. The molecule has 0 saturated carbocycles. The Morgan fingerprint density at radius 3 is 3.06 bits per heavy atom. The van der Waals surface area contributed by atoms with Crippen LogP contribution >= 0.6 is 27.7 Å². The van der Waals surface area contributed by atoms with Crippen molar-refractivity contribution in [1.29, 1.82) is 0 Å². The Balaban J connectivity index is 2.00. The maximum atomic E-state index is 4.26. The standard InChI is InChI=1S/C14H21BrN2S/c1-2-17-13(14-5-3-4-6-18-14)8-11-7-12(15)10-16-9-11/h7,9-10,13-14,17H,2-6,8H2,1H3. The minimum absolute atomic E-state index is 0.580. The lowest BCUT2D eigenvalue weighted by Gasteiger charge is -2.30. The first kappa shape index (κ1) is 14.4. The average Bonchev–Trinajstić information content (AvgIpc) is 2.39. The van der Waals surface area contributed by atoms with Gasteiger partial charge in [0, 0.05) is 28.2 Å². The first-order chi connectivity index (χ1) is 8.79. The Bertz CT molecular complexity index is 367. The van der Waals surface area contributed by atoms with Crippen LogP contribution in [0.2, 0.25) is 0 Å². The van der Waals surface area contributed by atoms with Crippen molar-refractivity contribution in [1.82, 2.24) is 10.3 Å². The van der Waals surface area contributed by atoms with E-state index in [1.54, 1.807) is 0 Å². The van der Waals surface area contributed by atoms with Crippen molar-refractivity contribution >= 4 is 27.7 Å². The maximum absolute atomic E-state index is 4.26. The normalized spacial score (nSPS) is 21.8. The summed E-state index contributed by atoms with van der Waals surface area (Å²) < 4.78 is 1.08. The third kappa shape index (κ3) is 4.25. The Morgan fingerprint density at radius 2 is 2.39 bits per heavy atom. The van der Waals surface area contributed by atoms with E-state index in [1.807, 2.05) is 12.4 Å². The molecule has 0 amide bonds. The van der Waals surface area contributed by atoms with Crippen LogP contribution in [0.25, 0.3) is 0 Å². The number of halogens is 1. The van der Waals surface area contributed by atoms with E-state index in [1.165, 1.54) is 30.6 Å². The highest BCUT2D eigenvalue weighted by Crippen LogP contribution is 2.29. The zero-order valence-corrected chi connectivity index (χ0v) is 13.3. The average molecular weight is 329 g/mol. The number of nitrogens with one attached hydrogen (secondary N) is 1. The molecule has 0 aliphatic carbocycles. The number of likely N-dealkylation sites (N-methyl/N-ethyl adjacent to an activating group) is 1. The van der Waals surface area contributed by atoms with Crippen LogP contribution in [0.1, 0.15) is 31.7 Å². The number of pyridine rings is 1. The van der Waals surface area contributed by atoms with Crippen molar-refractivity contribution in [2.45, 2.75) is 43.9 Å². The maximum Gasteiger partial charge on any atom is 0.0410 e. The lowest BCUT2D eigenvalue weighted by atomic mass is 10.0. The molecule has 0 spiro atoms. The molecule has 1 saturated heterocycles. The highest BCUT2D eigenvalue weighted by Gasteiger charge is 2.23. The molecule has 1 aliphatic heterocycles. The summed E-state index contributed by atoms with van der Waals surface area (Å²) in [6.45, 7) is 3.24. The van der Waals surface area contributed by atoms with Gasteiger partial charge in [-0.05, 0) is 59.1 Å². The number of hydrogen-bond acceptors (Lipinski definition) is 3. The molecule has 100 valence electrons. The number of aromatic nitrogens is 1. The number of thioether (sulfide) groups is 1. The summed E-state index contributed by atoms with van der Waals surface area (Å²) in [5.41, 5.74) is 1.32. The molecule has 2 atom stereocenters. The smallest absolute Gasteiger partial charge is 0.0410 e. The summed E-state index contributed by atoms with van der Waals surface area (Å²) >= 11 is 5.64. The second-order valence-electron chi connectivity index (χ2n) is 4.78. The summed E-state index contributed by atoms with van der Waals surface area (Å²) in [5, 5.41) is 4.42. The molecule has 18 heavy (non-hydrogen) atoms. The molecule has 2 unspecified atom stereocenters. The van der Waals surface area contributed by atoms with Gasteiger partial charge < -0.3 is 5.32 Å². The van der Waals surface area contributed by atoms with E-state index in [-0.39, 0.29) is 0 Å². The molecule has 1 aliphatic rings. The molecule has 0 aromatic carbocycles. The molecule has 1 N–H and O–H groups in total. The van der Waals surface area contributed by atoms with E-state index in [0.717, 1.165) is 22.7 Å². The van der Waals surface area contributed by atoms with Gasteiger partial charge in [-0.3, -0.25) is 4.98 Å². The molecule has 2 nitrogen and oxygen atoms in total. The summed E-state index contributed by atoms with van der Waals surface area (Å²) in [5.74, 6) is 1.32. The van der Waals surface area contributed by atoms with Crippen molar-refractivity contribution in [3.05, 3.63) is 28.5 Å². The highest BCUT2D eigenvalue weighted by molar-refractivity contribution is 9.10. The van der Waals surface area contributed by atoms with Crippen LogP contribution in [0.4, 0.5) is 0 Å². The SMILES string of the molecule is CCNC(Cc1cncc(Br)c1)C1CCCCS1. The zero-order chi connectivity index (χ0) is 12.8. The third-order valence-corrected chi connectivity index (χ3v) is 5.30. The number of hydrogen-bond donors (Lipinski definition) is 1. The minimum atomic E-state index is 0.580. The van der Waals surface area contributed by atoms with E-state index >= 15 is 0 Å². The van der Waals surface area contributed by atoms with Crippen molar-refractivity contribution in [2.24, 2.45) is 0 Å². The summed E-state index contributed by atoms with van der Waals surface area (Å²) in [7, 11) is 0. The van der Waals surface area contributed by atoms with Gasteiger partial charge >= 0.3 is 0 Å². The van der Waals surface area contributed by atoms with Crippen LogP contribution in [0.15, 0.2) is 22.9 Å². The predicted molar refractivity (Wildman–Crippen MR) is 83.2 cm³/mol. The van der Waals surface area contributed by atoms with Crippen molar-refractivity contribution < 1.29 is 0 Å². The fraction of sp³-hybridized carbons (Fsp3) is 0.643. The van der Waals surface area contributed by atoms with Gasteiger partial charge in [-0.2, -0.15) is 11.8 Å². The molecule has 0 bridgehead atoms. The zero-order valence-electron chi connectivity index (χ0n) is 10.9. The van der Waals surface area contributed by atoms with Crippen LogP contribution < -0.4 is 5.32 Å².